The molecule has 110 valence electrons. The fraction of sp³-hybridized carbons (Fsp3) is 0.545. The number of aromatic nitrogens is 1. The first-order valence-electron chi connectivity index (χ1n) is 5.92. The molecule has 2 rings (SSSR count). The van der Waals surface area contributed by atoms with Crippen LogP contribution in [0, 0.1) is 10.1 Å². The van der Waals surface area contributed by atoms with E-state index in [1.807, 2.05) is 0 Å². The van der Waals surface area contributed by atoms with Crippen molar-refractivity contribution in [1.82, 2.24) is 10.3 Å². The van der Waals surface area contributed by atoms with Gasteiger partial charge in [-0.1, -0.05) is 0 Å². The van der Waals surface area contributed by atoms with E-state index in [2.05, 4.69) is 15.6 Å². The Morgan fingerprint density at radius 3 is 2.75 bits per heavy atom. The van der Waals surface area contributed by atoms with E-state index < -0.39 is 28.0 Å². The lowest BCUT2D eigenvalue weighted by molar-refractivity contribution is -0.384. The van der Waals surface area contributed by atoms with Gasteiger partial charge in [0, 0.05) is 12.1 Å². The van der Waals surface area contributed by atoms with E-state index in [9.17, 15) is 23.3 Å². The Morgan fingerprint density at radius 1 is 1.55 bits per heavy atom. The zero-order valence-electron chi connectivity index (χ0n) is 10.6. The number of nitrogens with one attached hydrogen (secondary N) is 2. The van der Waals surface area contributed by atoms with E-state index in [-0.39, 0.29) is 5.69 Å². The van der Waals surface area contributed by atoms with Crippen molar-refractivity contribution in [3.05, 3.63) is 28.1 Å². The highest BCUT2D eigenvalue weighted by atomic mass is 19.4. The number of halogens is 3. The lowest BCUT2D eigenvalue weighted by Crippen LogP contribution is -2.37. The SMILES string of the molecule is CC1(Nc2cc(C(F)(F)F)ncc2[N+](=O)[O-])CCNC1. The Labute approximate surface area is 112 Å². The van der Waals surface area contributed by atoms with Gasteiger partial charge < -0.3 is 10.6 Å². The molecule has 1 aliphatic rings. The molecule has 2 heterocycles. The molecule has 20 heavy (non-hydrogen) atoms. The summed E-state index contributed by atoms with van der Waals surface area (Å²) in [5, 5.41) is 16.8. The number of hydrogen-bond donors (Lipinski definition) is 2. The molecular weight excluding hydrogens is 277 g/mol. The first-order chi connectivity index (χ1) is 9.21. The van der Waals surface area contributed by atoms with E-state index in [4.69, 9.17) is 0 Å². The molecule has 0 saturated carbocycles. The zero-order valence-corrected chi connectivity index (χ0v) is 10.6. The second-order valence-electron chi connectivity index (χ2n) is 4.95. The number of anilines is 1. The summed E-state index contributed by atoms with van der Waals surface area (Å²) in [5.41, 5.74) is -2.30. The van der Waals surface area contributed by atoms with E-state index >= 15 is 0 Å². The molecule has 1 unspecified atom stereocenters. The van der Waals surface area contributed by atoms with Crippen LogP contribution in [-0.2, 0) is 6.18 Å². The lowest BCUT2D eigenvalue weighted by atomic mass is 10.0. The molecule has 2 N–H and O–H groups in total. The maximum absolute atomic E-state index is 12.6. The van der Waals surface area contributed by atoms with Crippen molar-refractivity contribution < 1.29 is 18.1 Å². The average Bonchev–Trinajstić information content (AvgIpc) is 2.74. The molecule has 1 aromatic heterocycles. The highest BCUT2D eigenvalue weighted by Crippen LogP contribution is 2.34. The average molecular weight is 290 g/mol. The summed E-state index contributed by atoms with van der Waals surface area (Å²) in [6.07, 6.45) is -3.34. The van der Waals surface area contributed by atoms with Crippen molar-refractivity contribution in [2.75, 3.05) is 18.4 Å². The van der Waals surface area contributed by atoms with E-state index in [0.717, 1.165) is 0 Å². The van der Waals surface area contributed by atoms with Gasteiger partial charge in [-0.2, -0.15) is 13.2 Å². The third-order valence-electron chi connectivity index (χ3n) is 3.18. The summed E-state index contributed by atoms with van der Waals surface area (Å²) in [4.78, 5) is 13.2. The molecular formula is C11H13F3N4O2. The topological polar surface area (TPSA) is 80.1 Å². The molecule has 0 aromatic carbocycles. The maximum Gasteiger partial charge on any atom is 0.433 e. The van der Waals surface area contributed by atoms with Crippen LogP contribution in [0.15, 0.2) is 12.3 Å². The van der Waals surface area contributed by atoms with Crippen LogP contribution >= 0.6 is 0 Å². The normalized spacial score (nSPS) is 22.8. The van der Waals surface area contributed by atoms with Crippen LogP contribution < -0.4 is 10.6 Å². The van der Waals surface area contributed by atoms with E-state index in [1.54, 1.807) is 6.92 Å². The third kappa shape index (κ3) is 2.98. The largest absolute Gasteiger partial charge is 0.433 e. The van der Waals surface area contributed by atoms with Crippen LogP contribution in [-0.4, -0.2) is 28.5 Å². The number of pyridine rings is 1. The summed E-state index contributed by atoms with van der Waals surface area (Å²) >= 11 is 0. The third-order valence-corrected chi connectivity index (χ3v) is 3.18. The molecule has 1 aliphatic heterocycles. The molecule has 0 amide bonds. The van der Waals surface area contributed by atoms with Crippen molar-refractivity contribution >= 4 is 11.4 Å². The van der Waals surface area contributed by atoms with Crippen molar-refractivity contribution in [1.29, 1.82) is 0 Å². The Hall–Kier alpha value is -1.90. The minimum Gasteiger partial charge on any atom is -0.373 e. The molecule has 1 fully saturated rings. The van der Waals surface area contributed by atoms with Crippen LogP contribution in [0.4, 0.5) is 24.5 Å². The minimum absolute atomic E-state index is 0.163. The Morgan fingerprint density at radius 2 is 2.25 bits per heavy atom. The Bertz CT molecular complexity index is 527. The Balaban J connectivity index is 2.39. The zero-order chi connectivity index (χ0) is 15.0. The monoisotopic (exact) mass is 290 g/mol. The summed E-state index contributed by atoms with van der Waals surface area (Å²) in [7, 11) is 0. The first-order valence-corrected chi connectivity index (χ1v) is 5.92. The highest BCUT2D eigenvalue weighted by molar-refractivity contribution is 5.62. The van der Waals surface area contributed by atoms with Gasteiger partial charge in [0.1, 0.15) is 17.6 Å². The predicted octanol–water partition coefficient (Wildman–Crippen LogP) is 2.17. The summed E-state index contributed by atoms with van der Waals surface area (Å²) in [6.45, 7) is 3.02. The molecule has 0 aliphatic carbocycles. The summed E-state index contributed by atoms with van der Waals surface area (Å²) in [5.74, 6) is 0. The number of rotatable bonds is 3. The number of nitro groups is 1. The number of nitrogens with zero attached hydrogens (tertiary/aromatic N) is 2. The molecule has 9 heteroatoms. The summed E-state index contributed by atoms with van der Waals surface area (Å²) in [6, 6.07) is 0.682. The molecule has 0 bridgehead atoms. The highest BCUT2D eigenvalue weighted by Gasteiger charge is 2.36. The van der Waals surface area contributed by atoms with Crippen LogP contribution in [0.2, 0.25) is 0 Å². The Kier molecular flexibility index (Phi) is 3.55. The van der Waals surface area contributed by atoms with Gasteiger partial charge in [-0.3, -0.25) is 10.1 Å². The van der Waals surface area contributed by atoms with Crippen LogP contribution in [0.25, 0.3) is 0 Å². The first kappa shape index (κ1) is 14.5. The van der Waals surface area contributed by atoms with Gasteiger partial charge in [0.2, 0.25) is 0 Å². The van der Waals surface area contributed by atoms with Gasteiger partial charge in [0.15, 0.2) is 0 Å². The van der Waals surface area contributed by atoms with Crippen LogP contribution in [0.1, 0.15) is 19.0 Å². The second-order valence-corrected chi connectivity index (χ2v) is 4.95. The van der Waals surface area contributed by atoms with E-state index in [1.165, 1.54) is 0 Å². The molecule has 1 saturated heterocycles. The standard InChI is InChI=1S/C11H13F3N4O2/c1-10(2-3-15-6-10)17-7-4-9(11(12,13)14)16-5-8(7)18(19)20/h4-5,15H,2-3,6H2,1H3,(H,16,17). The van der Waals surface area contributed by atoms with Crippen molar-refractivity contribution in [3.8, 4) is 0 Å². The quantitative estimate of drug-likeness (QED) is 0.658. The smallest absolute Gasteiger partial charge is 0.373 e. The summed E-state index contributed by atoms with van der Waals surface area (Å²) < 4.78 is 37.9. The molecule has 1 atom stereocenters. The van der Waals surface area contributed by atoms with E-state index in [0.29, 0.717) is 31.8 Å². The van der Waals surface area contributed by atoms with Crippen LogP contribution in [0.5, 0.6) is 0 Å². The lowest BCUT2D eigenvalue weighted by Gasteiger charge is -2.25. The minimum atomic E-state index is -4.64. The fourth-order valence-electron chi connectivity index (χ4n) is 2.10. The number of hydrogen-bond acceptors (Lipinski definition) is 5. The van der Waals surface area contributed by atoms with Crippen molar-refractivity contribution in [2.24, 2.45) is 0 Å². The van der Waals surface area contributed by atoms with Gasteiger partial charge in [-0.25, -0.2) is 4.98 Å². The van der Waals surface area contributed by atoms with Gasteiger partial charge in [-0.15, -0.1) is 0 Å². The molecule has 0 spiro atoms. The van der Waals surface area contributed by atoms with Gasteiger partial charge in [-0.05, 0) is 26.0 Å². The predicted molar refractivity (Wildman–Crippen MR) is 65.4 cm³/mol. The fourth-order valence-corrected chi connectivity index (χ4v) is 2.10. The van der Waals surface area contributed by atoms with Gasteiger partial charge in [0.05, 0.1) is 4.92 Å². The van der Waals surface area contributed by atoms with Gasteiger partial charge in [0.25, 0.3) is 0 Å². The maximum atomic E-state index is 12.6. The van der Waals surface area contributed by atoms with Crippen molar-refractivity contribution in [3.63, 3.8) is 0 Å². The van der Waals surface area contributed by atoms with Crippen molar-refractivity contribution in [2.45, 2.75) is 25.1 Å². The van der Waals surface area contributed by atoms with Crippen LogP contribution in [0.3, 0.4) is 0 Å². The molecule has 6 nitrogen and oxygen atoms in total. The number of alkyl halides is 3. The molecule has 0 radical (unpaired) electrons. The second kappa shape index (κ2) is 4.89. The molecule has 1 aromatic rings. The van der Waals surface area contributed by atoms with Gasteiger partial charge >= 0.3 is 11.9 Å².